The van der Waals surface area contributed by atoms with Gasteiger partial charge in [-0.15, -0.1) is 0 Å². The SMILES string of the molecule is CCOC(=O)c1sc(=O)n(-c2ccccc2)c1N. The predicted octanol–water partition coefficient (Wildman–Crippen LogP) is 1.66. The fraction of sp³-hybridized carbons (Fsp3) is 0.167. The molecule has 0 bridgehead atoms. The number of nitrogen functional groups attached to an aromatic ring is 1. The van der Waals surface area contributed by atoms with Crippen LogP contribution in [-0.2, 0) is 4.74 Å². The van der Waals surface area contributed by atoms with Gasteiger partial charge in [0, 0.05) is 0 Å². The van der Waals surface area contributed by atoms with Crippen LogP contribution in [0.4, 0.5) is 5.82 Å². The molecule has 1 aromatic heterocycles. The molecule has 2 N–H and O–H groups in total. The maximum atomic E-state index is 11.9. The van der Waals surface area contributed by atoms with Crippen molar-refractivity contribution >= 4 is 23.1 Å². The summed E-state index contributed by atoms with van der Waals surface area (Å²) in [4.78, 5) is 23.3. The van der Waals surface area contributed by atoms with Crippen LogP contribution in [0, 0.1) is 0 Å². The van der Waals surface area contributed by atoms with Crippen LogP contribution in [0.1, 0.15) is 16.6 Å². The topological polar surface area (TPSA) is 74.3 Å². The Balaban J connectivity index is 2.52. The van der Waals surface area contributed by atoms with Crippen molar-refractivity contribution in [3.8, 4) is 5.69 Å². The van der Waals surface area contributed by atoms with Gasteiger partial charge in [-0.2, -0.15) is 0 Å². The fourth-order valence-electron chi connectivity index (χ4n) is 1.55. The molecule has 5 nitrogen and oxygen atoms in total. The number of hydrogen-bond donors (Lipinski definition) is 1. The highest BCUT2D eigenvalue weighted by atomic mass is 32.1. The second-order valence-electron chi connectivity index (χ2n) is 3.47. The Morgan fingerprint density at radius 1 is 1.39 bits per heavy atom. The van der Waals surface area contributed by atoms with E-state index in [0.717, 1.165) is 11.3 Å². The molecule has 0 aliphatic rings. The van der Waals surface area contributed by atoms with Gasteiger partial charge in [-0.05, 0) is 19.1 Å². The molecule has 6 heteroatoms. The molecule has 0 saturated carbocycles. The Kier molecular flexibility index (Phi) is 3.47. The first kappa shape index (κ1) is 12.4. The number of carbonyl (C=O) groups is 1. The van der Waals surface area contributed by atoms with E-state index < -0.39 is 5.97 Å². The van der Waals surface area contributed by atoms with Crippen molar-refractivity contribution in [2.75, 3.05) is 12.3 Å². The Hall–Kier alpha value is -2.08. The third-order valence-corrected chi connectivity index (χ3v) is 3.26. The standard InChI is InChI=1S/C12H12N2O3S/c1-2-17-11(15)9-10(13)14(12(16)18-9)8-6-4-3-5-7-8/h3-7H,2,13H2,1H3. The molecule has 0 fully saturated rings. The van der Waals surface area contributed by atoms with Gasteiger partial charge in [-0.1, -0.05) is 29.5 Å². The first-order chi connectivity index (χ1) is 8.65. The monoisotopic (exact) mass is 264 g/mol. The lowest BCUT2D eigenvalue weighted by molar-refractivity contribution is 0.0533. The van der Waals surface area contributed by atoms with Gasteiger partial charge in [0.25, 0.3) is 0 Å². The van der Waals surface area contributed by atoms with E-state index >= 15 is 0 Å². The minimum atomic E-state index is -0.563. The molecule has 0 amide bonds. The van der Waals surface area contributed by atoms with E-state index in [-0.39, 0.29) is 22.2 Å². The average molecular weight is 264 g/mol. The highest BCUT2D eigenvalue weighted by Crippen LogP contribution is 2.20. The van der Waals surface area contributed by atoms with E-state index in [1.54, 1.807) is 31.2 Å². The smallest absolute Gasteiger partial charge is 0.352 e. The molecular weight excluding hydrogens is 252 g/mol. The van der Waals surface area contributed by atoms with Crippen molar-refractivity contribution in [2.24, 2.45) is 0 Å². The number of hydrogen-bond acceptors (Lipinski definition) is 5. The van der Waals surface area contributed by atoms with Gasteiger partial charge in [0.2, 0.25) is 0 Å². The molecule has 0 atom stereocenters. The fourth-order valence-corrected chi connectivity index (χ4v) is 2.36. The molecule has 0 aliphatic carbocycles. The van der Waals surface area contributed by atoms with Crippen molar-refractivity contribution in [2.45, 2.75) is 6.92 Å². The van der Waals surface area contributed by atoms with Gasteiger partial charge in [0.15, 0.2) is 4.88 Å². The predicted molar refractivity (Wildman–Crippen MR) is 70.3 cm³/mol. The number of anilines is 1. The number of ether oxygens (including phenoxy) is 1. The second-order valence-corrected chi connectivity index (χ2v) is 4.44. The molecule has 0 unspecified atom stereocenters. The Labute approximate surface area is 107 Å². The zero-order valence-corrected chi connectivity index (χ0v) is 10.6. The Morgan fingerprint density at radius 3 is 2.67 bits per heavy atom. The lowest BCUT2D eigenvalue weighted by atomic mass is 10.3. The van der Waals surface area contributed by atoms with Gasteiger partial charge in [0.1, 0.15) is 5.82 Å². The summed E-state index contributed by atoms with van der Waals surface area (Å²) in [5.74, 6) is -0.443. The van der Waals surface area contributed by atoms with Gasteiger partial charge in [-0.25, -0.2) is 4.79 Å². The quantitative estimate of drug-likeness (QED) is 0.855. The summed E-state index contributed by atoms with van der Waals surface area (Å²) in [5, 5.41) is 0. The molecule has 0 spiro atoms. The van der Waals surface area contributed by atoms with Crippen LogP contribution in [0.5, 0.6) is 0 Å². The van der Waals surface area contributed by atoms with E-state index in [4.69, 9.17) is 10.5 Å². The lowest BCUT2D eigenvalue weighted by Gasteiger charge is -2.04. The number of carbonyl (C=O) groups excluding carboxylic acids is 1. The van der Waals surface area contributed by atoms with Crippen molar-refractivity contribution in [1.29, 1.82) is 0 Å². The molecule has 2 rings (SSSR count). The van der Waals surface area contributed by atoms with E-state index in [1.165, 1.54) is 4.57 Å². The van der Waals surface area contributed by atoms with Gasteiger partial charge >= 0.3 is 10.8 Å². The zero-order valence-electron chi connectivity index (χ0n) is 9.75. The summed E-state index contributed by atoms with van der Waals surface area (Å²) in [5.41, 5.74) is 6.47. The highest BCUT2D eigenvalue weighted by molar-refractivity contribution is 7.11. The maximum absolute atomic E-state index is 11.9. The number of rotatable bonds is 3. The summed E-state index contributed by atoms with van der Waals surface area (Å²) in [7, 11) is 0. The lowest BCUT2D eigenvalue weighted by Crippen LogP contribution is -2.13. The molecule has 18 heavy (non-hydrogen) atoms. The maximum Gasteiger partial charge on any atom is 0.352 e. The molecule has 0 saturated heterocycles. The van der Waals surface area contributed by atoms with E-state index in [9.17, 15) is 9.59 Å². The van der Waals surface area contributed by atoms with Gasteiger partial charge in [0.05, 0.1) is 12.3 Å². The number of benzene rings is 1. The summed E-state index contributed by atoms with van der Waals surface area (Å²) >= 11 is 0.792. The van der Waals surface area contributed by atoms with E-state index in [2.05, 4.69) is 0 Å². The van der Waals surface area contributed by atoms with Gasteiger partial charge < -0.3 is 10.5 Å². The molecule has 0 radical (unpaired) electrons. The van der Waals surface area contributed by atoms with E-state index in [1.807, 2.05) is 6.07 Å². The van der Waals surface area contributed by atoms with Crippen LogP contribution < -0.4 is 10.6 Å². The van der Waals surface area contributed by atoms with Crippen molar-refractivity contribution in [3.05, 3.63) is 44.9 Å². The minimum Gasteiger partial charge on any atom is -0.462 e. The summed E-state index contributed by atoms with van der Waals surface area (Å²) in [6.45, 7) is 1.95. The summed E-state index contributed by atoms with van der Waals surface area (Å²) in [6, 6.07) is 8.92. The number of nitrogens with zero attached hydrogens (tertiary/aromatic N) is 1. The second kappa shape index (κ2) is 5.05. The molecule has 0 aliphatic heterocycles. The minimum absolute atomic E-state index is 0.120. The number of thiazole rings is 1. The summed E-state index contributed by atoms with van der Waals surface area (Å²) in [6.07, 6.45) is 0. The van der Waals surface area contributed by atoms with Crippen LogP contribution in [0.3, 0.4) is 0 Å². The Bertz CT molecular complexity index is 616. The third kappa shape index (κ3) is 2.14. The van der Waals surface area contributed by atoms with Crippen LogP contribution >= 0.6 is 11.3 Å². The third-order valence-electron chi connectivity index (χ3n) is 2.32. The summed E-state index contributed by atoms with van der Waals surface area (Å²) < 4.78 is 6.15. The normalized spacial score (nSPS) is 10.3. The van der Waals surface area contributed by atoms with Crippen LogP contribution in [0.2, 0.25) is 0 Å². The molecule has 1 heterocycles. The average Bonchev–Trinajstić information content (AvgIpc) is 2.66. The van der Waals surface area contributed by atoms with Crippen molar-refractivity contribution in [1.82, 2.24) is 4.57 Å². The largest absolute Gasteiger partial charge is 0.462 e. The number of nitrogens with two attached hydrogens (primary N) is 1. The van der Waals surface area contributed by atoms with E-state index in [0.29, 0.717) is 5.69 Å². The first-order valence-corrected chi connectivity index (χ1v) is 6.20. The van der Waals surface area contributed by atoms with Crippen LogP contribution in [0.15, 0.2) is 35.1 Å². The van der Waals surface area contributed by atoms with Crippen molar-refractivity contribution < 1.29 is 9.53 Å². The van der Waals surface area contributed by atoms with Crippen LogP contribution in [0.25, 0.3) is 5.69 Å². The van der Waals surface area contributed by atoms with Gasteiger partial charge in [-0.3, -0.25) is 9.36 Å². The Morgan fingerprint density at radius 2 is 2.06 bits per heavy atom. The molecule has 94 valence electrons. The molecule has 2 aromatic rings. The molecular formula is C12H12N2O3S. The highest BCUT2D eigenvalue weighted by Gasteiger charge is 2.20. The number of aromatic nitrogens is 1. The van der Waals surface area contributed by atoms with Crippen molar-refractivity contribution in [3.63, 3.8) is 0 Å². The zero-order chi connectivity index (χ0) is 13.1. The van der Waals surface area contributed by atoms with Crippen LogP contribution in [-0.4, -0.2) is 17.1 Å². The first-order valence-electron chi connectivity index (χ1n) is 5.39. The molecule has 1 aromatic carbocycles. The number of para-hydroxylation sites is 1. The number of esters is 1.